The van der Waals surface area contributed by atoms with Gasteiger partial charge in [0.25, 0.3) is 5.91 Å². The van der Waals surface area contributed by atoms with Crippen molar-refractivity contribution in [1.82, 2.24) is 10.2 Å². The lowest BCUT2D eigenvalue weighted by molar-refractivity contribution is -0.192. The summed E-state index contributed by atoms with van der Waals surface area (Å²) in [5.41, 5.74) is 2.58. The van der Waals surface area contributed by atoms with Gasteiger partial charge in [-0.05, 0) is 31.4 Å². The van der Waals surface area contributed by atoms with Gasteiger partial charge >= 0.3 is 12.1 Å². The summed E-state index contributed by atoms with van der Waals surface area (Å²) in [7, 11) is 0. The molecule has 0 radical (unpaired) electrons. The Hall–Kier alpha value is -3.44. The van der Waals surface area contributed by atoms with Gasteiger partial charge in [-0.2, -0.15) is 13.2 Å². The summed E-state index contributed by atoms with van der Waals surface area (Å²) in [5.74, 6) is -3.47. The summed E-state index contributed by atoms with van der Waals surface area (Å²) in [6, 6.07) is 5.07. The van der Waals surface area contributed by atoms with E-state index >= 15 is 0 Å². The van der Waals surface area contributed by atoms with Crippen LogP contribution in [0.3, 0.4) is 0 Å². The molecule has 2 fully saturated rings. The van der Waals surface area contributed by atoms with Crippen molar-refractivity contribution in [3.05, 3.63) is 29.3 Å². The van der Waals surface area contributed by atoms with Gasteiger partial charge in [0.2, 0.25) is 11.8 Å². The van der Waals surface area contributed by atoms with Gasteiger partial charge in [0.15, 0.2) is 0 Å². The molecule has 0 aliphatic carbocycles. The number of carboxylic acids is 1. The molecule has 3 amide bonds. The van der Waals surface area contributed by atoms with Crippen LogP contribution in [0, 0.1) is 5.92 Å². The van der Waals surface area contributed by atoms with Crippen LogP contribution in [0.2, 0.25) is 0 Å². The largest absolute Gasteiger partial charge is 0.490 e. The highest BCUT2D eigenvalue weighted by Gasteiger charge is 2.40. The monoisotopic (exact) mass is 469 g/mol. The SMILES string of the molecule is O=C(O)C(F)(F)F.O=CC1CCN(c2cccc3c2CN(C2CCC(=O)NC2=O)C3=O)CC1. The van der Waals surface area contributed by atoms with Crippen LogP contribution in [0.25, 0.3) is 0 Å². The minimum absolute atomic E-state index is 0.115. The van der Waals surface area contributed by atoms with Gasteiger partial charge in [0.05, 0.1) is 0 Å². The molecule has 1 unspecified atom stereocenters. The van der Waals surface area contributed by atoms with Crippen LogP contribution >= 0.6 is 0 Å². The molecule has 0 aromatic heterocycles. The van der Waals surface area contributed by atoms with E-state index in [1.54, 1.807) is 11.0 Å². The molecule has 2 saturated heterocycles. The van der Waals surface area contributed by atoms with Crippen molar-refractivity contribution >= 4 is 35.7 Å². The highest BCUT2D eigenvalue weighted by atomic mass is 19.4. The van der Waals surface area contributed by atoms with E-state index < -0.39 is 24.1 Å². The quantitative estimate of drug-likeness (QED) is 0.508. The number of imide groups is 1. The second-order valence-electron chi connectivity index (χ2n) is 7.97. The van der Waals surface area contributed by atoms with Gasteiger partial charge in [-0.1, -0.05) is 6.07 Å². The van der Waals surface area contributed by atoms with E-state index in [2.05, 4.69) is 10.2 Å². The van der Waals surface area contributed by atoms with E-state index in [1.807, 2.05) is 12.1 Å². The fraction of sp³-hybridized carbons (Fsp3) is 0.476. The summed E-state index contributed by atoms with van der Waals surface area (Å²) in [5, 5.41) is 9.45. The van der Waals surface area contributed by atoms with Gasteiger partial charge in [-0.25, -0.2) is 4.79 Å². The summed E-state index contributed by atoms with van der Waals surface area (Å²) >= 11 is 0. The maximum atomic E-state index is 12.9. The molecule has 2 N–H and O–H groups in total. The van der Waals surface area contributed by atoms with E-state index in [-0.39, 0.29) is 24.2 Å². The molecule has 9 nitrogen and oxygen atoms in total. The highest BCUT2D eigenvalue weighted by molar-refractivity contribution is 6.06. The third-order valence-electron chi connectivity index (χ3n) is 5.87. The minimum Gasteiger partial charge on any atom is -0.475 e. The lowest BCUT2D eigenvalue weighted by atomic mass is 9.97. The lowest BCUT2D eigenvalue weighted by Crippen LogP contribution is -2.52. The number of amides is 3. The summed E-state index contributed by atoms with van der Waals surface area (Å²) in [4.78, 5) is 60.1. The molecule has 1 atom stereocenters. The number of carboxylic acid groups (broad SMARTS) is 1. The van der Waals surface area contributed by atoms with E-state index in [4.69, 9.17) is 9.90 Å². The number of nitrogens with one attached hydrogen (secondary N) is 1. The van der Waals surface area contributed by atoms with Crippen molar-refractivity contribution in [1.29, 1.82) is 0 Å². The third-order valence-corrected chi connectivity index (χ3v) is 5.87. The standard InChI is InChI=1S/C19H21N3O4.C2HF3O2/c23-11-12-6-8-21(9-7-12)15-3-1-2-13-14(15)10-22(19(13)26)16-4-5-17(24)20-18(16)25;3-2(4,5)1(6)7/h1-3,11-12,16H,4-10H2,(H,20,24,25);(H,6,7). The molecule has 0 saturated carbocycles. The zero-order valence-corrected chi connectivity index (χ0v) is 17.4. The molecule has 4 rings (SSSR count). The van der Waals surface area contributed by atoms with Crippen LogP contribution in [0.4, 0.5) is 18.9 Å². The highest BCUT2D eigenvalue weighted by Crippen LogP contribution is 2.35. The summed E-state index contributed by atoms with van der Waals surface area (Å²) < 4.78 is 31.7. The molecular weight excluding hydrogens is 447 g/mol. The minimum atomic E-state index is -5.08. The van der Waals surface area contributed by atoms with Crippen LogP contribution in [0.15, 0.2) is 18.2 Å². The lowest BCUT2D eigenvalue weighted by Gasteiger charge is -2.33. The average Bonchev–Trinajstić information content (AvgIpc) is 3.10. The number of rotatable bonds is 3. The Labute approximate surface area is 186 Å². The Morgan fingerprint density at radius 3 is 2.30 bits per heavy atom. The molecule has 12 heteroatoms. The molecule has 1 aromatic carbocycles. The average molecular weight is 469 g/mol. The predicted molar refractivity (Wildman–Crippen MR) is 107 cm³/mol. The van der Waals surface area contributed by atoms with Crippen LogP contribution in [-0.4, -0.2) is 65.3 Å². The Morgan fingerprint density at radius 1 is 1.12 bits per heavy atom. The first-order valence-corrected chi connectivity index (χ1v) is 10.3. The fourth-order valence-corrected chi connectivity index (χ4v) is 4.14. The van der Waals surface area contributed by atoms with Crippen molar-refractivity contribution in [3.63, 3.8) is 0 Å². The number of aliphatic carboxylic acids is 1. The topological polar surface area (TPSA) is 124 Å². The first-order chi connectivity index (χ1) is 15.5. The van der Waals surface area contributed by atoms with Gasteiger partial charge in [-0.15, -0.1) is 0 Å². The number of halogens is 3. The maximum absolute atomic E-state index is 12.9. The Morgan fingerprint density at radius 2 is 1.76 bits per heavy atom. The summed E-state index contributed by atoms with van der Waals surface area (Å²) in [6.07, 6.45) is -1.80. The van der Waals surface area contributed by atoms with Gasteiger partial charge in [0, 0.05) is 48.8 Å². The number of fused-ring (bicyclic) bond motifs is 1. The molecule has 3 aliphatic heterocycles. The van der Waals surface area contributed by atoms with Crippen molar-refractivity contribution in [2.24, 2.45) is 5.92 Å². The van der Waals surface area contributed by atoms with Crippen molar-refractivity contribution in [3.8, 4) is 0 Å². The van der Waals surface area contributed by atoms with E-state index in [9.17, 15) is 32.3 Å². The van der Waals surface area contributed by atoms with E-state index in [0.29, 0.717) is 18.5 Å². The number of aldehydes is 1. The van der Waals surface area contributed by atoms with E-state index in [0.717, 1.165) is 43.5 Å². The molecule has 0 bridgehead atoms. The fourth-order valence-electron chi connectivity index (χ4n) is 4.14. The molecule has 0 spiro atoms. The first-order valence-electron chi connectivity index (χ1n) is 10.3. The Kier molecular flexibility index (Phi) is 7.04. The molecule has 3 aliphatic rings. The van der Waals surface area contributed by atoms with Crippen LogP contribution in [0.1, 0.15) is 41.6 Å². The predicted octanol–water partition coefficient (Wildman–Crippen LogP) is 1.50. The smallest absolute Gasteiger partial charge is 0.475 e. The van der Waals surface area contributed by atoms with Crippen LogP contribution in [-0.2, 0) is 25.7 Å². The molecular formula is C21H22F3N3O6. The van der Waals surface area contributed by atoms with Gasteiger partial charge in [0.1, 0.15) is 12.3 Å². The number of anilines is 1. The van der Waals surface area contributed by atoms with Crippen molar-refractivity contribution in [2.75, 3.05) is 18.0 Å². The number of hydrogen-bond acceptors (Lipinski definition) is 6. The number of alkyl halides is 3. The second kappa shape index (κ2) is 9.59. The van der Waals surface area contributed by atoms with E-state index in [1.165, 1.54) is 0 Å². The molecule has 178 valence electrons. The molecule has 3 heterocycles. The zero-order valence-electron chi connectivity index (χ0n) is 17.4. The van der Waals surface area contributed by atoms with Crippen LogP contribution < -0.4 is 10.2 Å². The normalized spacial score (nSPS) is 21.2. The number of carbonyl (C=O) groups is 5. The van der Waals surface area contributed by atoms with Gasteiger partial charge < -0.3 is 19.7 Å². The Balaban J connectivity index is 0.000000383. The summed E-state index contributed by atoms with van der Waals surface area (Å²) in [6.45, 7) is 1.95. The van der Waals surface area contributed by atoms with Crippen molar-refractivity contribution < 1.29 is 42.3 Å². The zero-order chi connectivity index (χ0) is 24.3. The van der Waals surface area contributed by atoms with Gasteiger partial charge in [-0.3, -0.25) is 19.7 Å². The molecule has 1 aromatic rings. The first kappa shape index (κ1) is 24.2. The number of nitrogens with zero attached hydrogens (tertiary/aromatic N) is 2. The third kappa shape index (κ3) is 5.32. The van der Waals surface area contributed by atoms with Crippen molar-refractivity contribution in [2.45, 2.75) is 44.4 Å². The number of carbonyl (C=O) groups excluding carboxylic acids is 4. The maximum Gasteiger partial charge on any atom is 0.490 e. The van der Waals surface area contributed by atoms with Crippen LogP contribution in [0.5, 0.6) is 0 Å². The number of benzene rings is 1. The molecule has 33 heavy (non-hydrogen) atoms. The number of hydrogen-bond donors (Lipinski definition) is 2. The number of piperidine rings is 2. The second-order valence-corrected chi connectivity index (χ2v) is 7.97. The Bertz CT molecular complexity index is 972.